The number of hydrogen-bond acceptors (Lipinski definition) is 11. The molecule has 2 saturated heterocycles. The highest BCUT2D eigenvalue weighted by atomic mass is 16.7. The Kier molecular flexibility index (Phi) is 6.87. The van der Waals surface area contributed by atoms with Crippen LogP contribution in [0, 0.1) is 0 Å². The maximum Gasteiger partial charge on any atom is 0.187 e. The SMILES string of the molecule is CO[C@H]1[C@H](O)[C@@H](O)[C@@H](O[C@@H]2[C@@H](O)[C@H](O)[C@@H](CO)O[C@@H]2O)O[C@@H]1CO. The van der Waals surface area contributed by atoms with Crippen molar-refractivity contribution in [2.45, 2.75) is 61.4 Å². The van der Waals surface area contributed by atoms with Gasteiger partial charge in [-0.25, -0.2) is 0 Å². The van der Waals surface area contributed by atoms with Crippen molar-refractivity contribution in [1.82, 2.24) is 0 Å². The molecule has 0 saturated carbocycles. The fourth-order valence-corrected chi connectivity index (χ4v) is 2.83. The van der Waals surface area contributed by atoms with Gasteiger partial charge in [-0.15, -0.1) is 0 Å². The summed E-state index contributed by atoms with van der Waals surface area (Å²) >= 11 is 0. The van der Waals surface area contributed by atoms with Crippen LogP contribution in [0.3, 0.4) is 0 Å². The lowest BCUT2D eigenvalue weighted by Crippen LogP contribution is -2.64. The van der Waals surface area contributed by atoms with Crippen molar-refractivity contribution >= 4 is 0 Å². The van der Waals surface area contributed by atoms with E-state index in [2.05, 4.69) is 0 Å². The van der Waals surface area contributed by atoms with E-state index in [4.69, 9.17) is 24.1 Å². The topological polar surface area (TPSA) is 179 Å². The molecule has 0 aromatic rings. The number of ether oxygens (including phenoxy) is 4. The molecule has 0 bridgehead atoms. The molecule has 11 heteroatoms. The molecule has 0 radical (unpaired) electrons. The third-order valence-electron chi connectivity index (χ3n) is 4.23. The van der Waals surface area contributed by atoms with Crippen LogP contribution in [-0.2, 0) is 18.9 Å². The van der Waals surface area contributed by atoms with Crippen LogP contribution in [0.4, 0.5) is 0 Å². The Bertz CT molecular complexity index is 394. The fourth-order valence-electron chi connectivity index (χ4n) is 2.83. The predicted octanol–water partition coefficient (Wildman–Crippen LogP) is -4.74. The monoisotopic (exact) mass is 356 g/mol. The molecule has 2 fully saturated rings. The number of rotatable bonds is 5. The van der Waals surface area contributed by atoms with Crippen LogP contribution in [0.15, 0.2) is 0 Å². The van der Waals surface area contributed by atoms with Crippen molar-refractivity contribution in [1.29, 1.82) is 0 Å². The van der Waals surface area contributed by atoms with Crippen LogP contribution in [0.5, 0.6) is 0 Å². The molecule has 2 aliphatic heterocycles. The Morgan fingerprint density at radius 2 is 1.33 bits per heavy atom. The average Bonchev–Trinajstić information content (AvgIpc) is 2.58. The van der Waals surface area contributed by atoms with Gasteiger partial charge in [-0.05, 0) is 0 Å². The molecule has 10 atom stereocenters. The zero-order chi connectivity index (χ0) is 18.0. The molecule has 0 aliphatic carbocycles. The molecule has 0 unspecified atom stereocenters. The highest BCUT2D eigenvalue weighted by Gasteiger charge is 2.50. The van der Waals surface area contributed by atoms with Crippen LogP contribution in [-0.4, -0.2) is 117 Å². The van der Waals surface area contributed by atoms with E-state index < -0.39 is 74.6 Å². The Morgan fingerprint density at radius 1 is 0.750 bits per heavy atom. The molecule has 2 rings (SSSR count). The van der Waals surface area contributed by atoms with Crippen LogP contribution in [0.1, 0.15) is 0 Å². The molecule has 0 aromatic heterocycles. The molecule has 0 aromatic carbocycles. The van der Waals surface area contributed by atoms with Gasteiger partial charge in [0.25, 0.3) is 0 Å². The smallest absolute Gasteiger partial charge is 0.187 e. The Balaban J connectivity index is 2.09. The van der Waals surface area contributed by atoms with E-state index in [9.17, 15) is 30.6 Å². The maximum absolute atomic E-state index is 10.1. The minimum atomic E-state index is -1.72. The van der Waals surface area contributed by atoms with Crippen molar-refractivity contribution in [2.75, 3.05) is 20.3 Å². The first-order valence-electron chi connectivity index (χ1n) is 7.46. The molecule has 11 nitrogen and oxygen atoms in total. The van der Waals surface area contributed by atoms with E-state index in [0.29, 0.717) is 0 Å². The predicted molar refractivity (Wildman–Crippen MR) is 73.4 cm³/mol. The van der Waals surface area contributed by atoms with Crippen LogP contribution < -0.4 is 0 Å². The first kappa shape index (κ1) is 19.9. The third kappa shape index (κ3) is 3.71. The molecular weight excluding hydrogens is 332 g/mol. The van der Waals surface area contributed by atoms with E-state index in [-0.39, 0.29) is 0 Å². The second kappa shape index (κ2) is 8.29. The van der Waals surface area contributed by atoms with Crippen molar-refractivity contribution in [3.05, 3.63) is 0 Å². The Labute approximate surface area is 137 Å². The summed E-state index contributed by atoms with van der Waals surface area (Å²) in [4.78, 5) is 0. The van der Waals surface area contributed by atoms with Crippen molar-refractivity contribution in [3.8, 4) is 0 Å². The van der Waals surface area contributed by atoms with E-state index in [1.54, 1.807) is 0 Å². The van der Waals surface area contributed by atoms with Crippen LogP contribution in [0.25, 0.3) is 0 Å². The second-order valence-corrected chi connectivity index (χ2v) is 5.74. The highest BCUT2D eigenvalue weighted by Crippen LogP contribution is 2.29. The number of aliphatic hydroxyl groups is 7. The van der Waals surface area contributed by atoms with Gasteiger partial charge < -0.3 is 54.7 Å². The van der Waals surface area contributed by atoms with Gasteiger partial charge in [0.2, 0.25) is 0 Å². The molecule has 142 valence electrons. The summed E-state index contributed by atoms with van der Waals surface area (Å²) in [5.41, 5.74) is 0. The zero-order valence-corrected chi connectivity index (χ0v) is 13.0. The van der Waals surface area contributed by atoms with Gasteiger partial charge in [-0.1, -0.05) is 0 Å². The lowest BCUT2D eigenvalue weighted by Gasteiger charge is -2.45. The normalized spacial score (nSPS) is 50.0. The summed E-state index contributed by atoms with van der Waals surface area (Å²) in [6.07, 6.45) is -14.3. The molecule has 0 amide bonds. The van der Waals surface area contributed by atoms with E-state index in [1.165, 1.54) is 7.11 Å². The zero-order valence-electron chi connectivity index (χ0n) is 13.0. The van der Waals surface area contributed by atoms with Gasteiger partial charge in [0.1, 0.15) is 48.8 Å². The number of hydrogen-bond donors (Lipinski definition) is 7. The minimum Gasteiger partial charge on any atom is -0.394 e. The second-order valence-electron chi connectivity index (χ2n) is 5.74. The Morgan fingerprint density at radius 3 is 1.88 bits per heavy atom. The fraction of sp³-hybridized carbons (Fsp3) is 1.00. The minimum absolute atomic E-state index is 0.538. The summed E-state index contributed by atoms with van der Waals surface area (Å²) in [6.45, 7) is -1.17. The first-order chi connectivity index (χ1) is 11.3. The van der Waals surface area contributed by atoms with E-state index in [0.717, 1.165) is 0 Å². The van der Waals surface area contributed by atoms with Gasteiger partial charge in [-0.2, -0.15) is 0 Å². The van der Waals surface area contributed by atoms with Gasteiger partial charge in [0.15, 0.2) is 12.6 Å². The summed E-state index contributed by atoms with van der Waals surface area (Å²) in [5.74, 6) is 0. The van der Waals surface area contributed by atoms with E-state index in [1.807, 2.05) is 0 Å². The third-order valence-corrected chi connectivity index (χ3v) is 4.23. The van der Waals surface area contributed by atoms with Crippen LogP contribution >= 0.6 is 0 Å². The van der Waals surface area contributed by atoms with Crippen molar-refractivity contribution in [2.24, 2.45) is 0 Å². The lowest BCUT2D eigenvalue weighted by molar-refractivity contribution is -0.362. The molecule has 2 aliphatic rings. The average molecular weight is 356 g/mol. The van der Waals surface area contributed by atoms with Crippen LogP contribution in [0.2, 0.25) is 0 Å². The summed E-state index contributed by atoms with van der Waals surface area (Å²) < 4.78 is 20.4. The van der Waals surface area contributed by atoms with E-state index >= 15 is 0 Å². The summed E-state index contributed by atoms with van der Waals surface area (Å²) in [6, 6.07) is 0. The molecular formula is C13H24O11. The molecule has 0 spiro atoms. The molecule has 7 N–H and O–H groups in total. The van der Waals surface area contributed by atoms with Gasteiger partial charge in [0.05, 0.1) is 13.2 Å². The van der Waals surface area contributed by atoms with Crippen molar-refractivity contribution < 1.29 is 54.7 Å². The van der Waals surface area contributed by atoms with Crippen molar-refractivity contribution in [3.63, 3.8) is 0 Å². The lowest BCUT2D eigenvalue weighted by atomic mass is 9.97. The molecule has 24 heavy (non-hydrogen) atoms. The highest BCUT2D eigenvalue weighted by molar-refractivity contribution is 4.93. The Hall–Kier alpha value is -0.440. The largest absolute Gasteiger partial charge is 0.394 e. The quantitative estimate of drug-likeness (QED) is 0.251. The van der Waals surface area contributed by atoms with Gasteiger partial charge in [0, 0.05) is 7.11 Å². The van der Waals surface area contributed by atoms with Gasteiger partial charge in [-0.3, -0.25) is 0 Å². The number of aliphatic hydroxyl groups excluding tert-OH is 7. The first-order valence-corrected chi connectivity index (χ1v) is 7.46. The summed E-state index contributed by atoms with van der Waals surface area (Å²) in [7, 11) is 1.27. The summed E-state index contributed by atoms with van der Waals surface area (Å²) in [5, 5.41) is 68.1. The maximum atomic E-state index is 10.1. The van der Waals surface area contributed by atoms with Gasteiger partial charge >= 0.3 is 0 Å². The standard InChI is InChI=1S/C13H24O11/c1-21-10-5(3-15)23-13(9(19)8(10)18)24-11-7(17)6(16)4(2-14)22-12(11)20/h4-20H,2-3H2,1H3/t4-,5-,6-,7+,8-,9-,10-,11-,12+,13-/m1/s1. The molecule has 2 heterocycles. The number of methoxy groups -OCH3 is 1.